The number of hydrogen-bond acceptors (Lipinski definition) is 5. The maximum Gasteiger partial charge on any atom is 0.416 e. The van der Waals surface area contributed by atoms with Crippen LogP contribution in [0.25, 0.3) is 0 Å². The van der Waals surface area contributed by atoms with Crippen molar-refractivity contribution < 1.29 is 23.0 Å². The topological polar surface area (TPSA) is 58.5 Å². The molecule has 8 heteroatoms. The summed E-state index contributed by atoms with van der Waals surface area (Å²) in [5.41, 5.74) is -0.0685. The van der Waals surface area contributed by atoms with Crippen molar-refractivity contribution in [2.45, 2.75) is 26.1 Å². The molecule has 0 amide bonds. The number of aliphatic hydroxyl groups is 1. The number of halogens is 3. The minimum Gasteiger partial charge on any atom is -0.486 e. The predicted molar refractivity (Wildman–Crippen MR) is 90.0 cm³/mol. The average molecular weight is 367 g/mol. The van der Waals surface area contributed by atoms with E-state index >= 15 is 0 Å². The maximum atomic E-state index is 13.1. The first-order chi connectivity index (χ1) is 12.4. The molecule has 0 bridgehead atoms. The van der Waals surface area contributed by atoms with Crippen molar-refractivity contribution in [2.24, 2.45) is 5.92 Å². The summed E-state index contributed by atoms with van der Waals surface area (Å²) in [6.45, 7) is 3.01. The van der Waals surface area contributed by atoms with Crippen LogP contribution in [0.15, 0.2) is 30.6 Å². The molecule has 0 radical (unpaired) electrons. The highest BCUT2D eigenvalue weighted by molar-refractivity contribution is 5.37. The van der Waals surface area contributed by atoms with Gasteiger partial charge >= 0.3 is 6.18 Å². The van der Waals surface area contributed by atoms with E-state index < -0.39 is 11.7 Å². The van der Waals surface area contributed by atoms with Crippen molar-refractivity contribution in [3.8, 4) is 5.75 Å². The second kappa shape index (κ2) is 7.49. The molecule has 5 nitrogen and oxygen atoms in total. The molecule has 0 saturated carbocycles. The highest BCUT2D eigenvalue weighted by Crippen LogP contribution is 2.33. The largest absolute Gasteiger partial charge is 0.486 e. The number of hydrogen-bond donors (Lipinski definition) is 1. The van der Waals surface area contributed by atoms with Gasteiger partial charge in [0.15, 0.2) is 5.75 Å². The standard InChI is InChI=1S/C18H20F3N3O2/c1-12-3-2-4-16(18(19,20)21)15(12)11-26-14-7-22-17(23-8-14)24-6-5-13(9-24)10-25/h2-4,7-8,13,25H,5-6,9-11H2,1H3. The molecule has 3 rings (SSSR count). The molecule has 1 N–H and O–H groups in total. The molecular formula is C18H20F3N3O2. The van der Waals surface area contributed by atoms with E-state index in [2.05, 4.69) is 9.97 Å². The van der Waals surface area contributed by atoms with Crippen LogP contribution >= 0.6 is 0 Å². The summed E-state index contributed by atoms with van der Waals surface area (Å²) in [5.74, 6) is 1.06. The lowest BCUT2D eigenvalue weighted by atomic mass is 10.0. The zero-order valence-electron chi connectivity index (χ0n) is 14.3. The Balaban J connectivity index is 1.68. The lowest BCUT2D eigenvalue weighted by molar-refractivity contribution is -0.138. The van der Waals surface area contributed by atoms with E-state index in [9.17, 15) is 18.3 Å². The second-order valence-corrected chi connectivity index (χ2v) is 6.39. The van der Waals surface area contributed by atoms with Gasteiger partial charge in [-0.25, -0.2) is 9.97 Å². The van der Waals surface area contributed by atoms with Crippen LogP contribution in [0.2, 0.25) is 0 Å². The zero-order valence-corrected chi connectivity index (χ0v) is 14.3. The summed E-state index contributed by atoms with van der Waals surface area (Å²) in [5, 5.41) is 9.19. The number of nitrogens with zero attached hydrogens (tertiary/aromatic N) is 3. The van der Waals surface area contributed by atoms with Gasteiger partial charge in [-0.1, -0.05) is 12.1 Å². The Bertz CT molecular complexity index is 750. The number of benzene rings is 1. The van der Waals surface area contributed by atoms with Crippen LogP contribution in [0.3, 0.4) is 0 Å². The van der Waals surface area contributed by atoms with Gasteiger partial charge in [0.25, 0.3) is 0 Å². The Kier molecular flexibility index (Phi) is 5.31. The number of ether oxygens (including phenoxy) is 1. The van der Waals surface area contributed by atoms with Crippen LogP contribution in [0, 0.1) is 12.8 Å². The van der Waals surface area contributed by atoms with Crippen molar-refractivity contribution in [3.63, 3.8) is 0 Å². The average Bonchev–Trinajstić information content (AvgIpc) is 3.09. The zero-order chi connectivity index (χ0) is 18.7. The molecule has 1 unspecified atom stereocenters. The van der Waals surface area contributed by atoms with Gasteiger partial charge in [-0.05, 0) is 25.0 Å². The van der Waals surface area contributed by atoms with Crippen molar-refractivity contribution >= 4 is 5.95 Å². The number of aliphatic hydroxyl groups excluding tert-OH is 1. The fourth-order valence-electron chi connectivity index (χ4n) is 3.03. The molecule has 2 heterocycles. The van der Waals surface area contributed by atoms with Gasteiger partial charge in [-0.15, -0.1) is 0 Å². The SMILES string of the molecule is Cc1cccc(C(F)(F)F)c1COc1cnc(N2CCC(CO)C2)nc1. The van der Waals surface area contributed by atoms with E-state index in [0.29, 0.717) is 23.8 Å². The summed E-state index contributed by atoms with van der Waals surface area (Å²) in [6, 6.07) is 4.06. The monoisotopic (exact) mass is 367 g/mol. The fraction of sp³-hybridized carbons (Fsp3) is 0.444. The Morgan fingerprint density at radius 2 is 2.00 bits per heavy atom. The molecule has 1 aromatic carbocycles. The van der Waals surface area contributed by atoms with Crippen LogP contribution in [0.1, 0.15) is 23.1 Å². The maximum absolute atomic E-state index is 13.1. The van der Waals surface area contributed by atoms with Gasteiger partial charge in [0.2, 0.25) is 5.95 Å². The molecule has 26 heavy (non-hydrogen) atoms. The van der Waals surface area contributed by atoms with Crippen molar-refractivity contribution in [3.05, 3.63) is 47.3 Å². The molecule has 1 aliphatic rings. The van der Waals surface area contributed by atoms with E-state index in [1.807, 2.05) is 4.90 Å². The third kappa shape index (κ3) is 4.07. The second-order valence-electron chi connectivity index (χ2n) is 6.39. The Labute approximate surface area is 149 Å². The smallest absolute Gasteiger partial charge is 0.416 e. The molecule has 0 aliphatic carbocycles. The van der Waals surface area contributed by atoms with Gasteiger partial charge in [-0.3, -0.25) is 0 Å². The summed E-state index contributed by atoms with van der Waals surface area (Å²) < 4.78 is 44.9. The number of aromatic nitrogens is 2. The molecule has 1 saturated heterocycles. The lowest BCUT2D eigenvalue weighted by Crippen LogP contribution is -2.22. The first kappa shape index (κ1) is 18.4. The summed E-state index contributed by atoms with van der Waals surface area (Å²) >= 11 is 0. The molecule has 1 aliphatic heterocycles. The normalized spacial score (nSPS) is 17.6. The first-order valence-corrected chi connectivity index (χ1v) is 8.35. The van der Waals surface area contributed by atoms with Gasteiger partial charge < -0.3 is 14.7 Å². The fourth-order valence-corrected chi connectivity index (χ4v) is 3.03. The number of aryl methyl sites for hydroxylation is 1. The van der Waals surface area contributed by atoms with Crippen LogP contribution in [0.5, 0.6) is 5.75 Å². The number of anilines is 1. The van der Waals surface area contributed by atoms with Gasteiger partial charge in [0, 0.05) is 31.2 Å². The van der Waals surface area contributed by atoms with Gasteiger partial charge in [0.05, 0.1) is 18.0 Å². The molecular weight excluding hydrogens is 347 g/mol. The Morgan fingerprint density at radius 3 is 2.62 bits per heavy atom. The van der Waals surface area contributed by atoms with Crippen LogP contribution in [-0.2, 0) is 12.8 Å². The molecule has 2 aromatic rings. The third-order valence-corrected chi connectivity index (χ3v) is 4.54. The summed E-state index contributed by atoms with van der Waals surface area (Å²) in [4.78, 5) is 10.4. The van der Waals surface area contributed by atoms with Gasteiger partial charge in [0.1, 0.15) is 6.61 Å². The summed E-state index contributed by atoms with van der Waals surface area (Å²) in [7, 11) is 0. The summed E-state index contributed by atoms with van der Waals surface area (Å²) in [6.07, 6.45) is -0.629. The van der Waals surface area contributed by atoms with E-state index in [-0.39, 0.29) is 24.7 Å². The minimum absolute atomic E-state index is 0.106. The highest BCUT2D eigenvalue weighted by atomic mass is 19.4. The third-order valence-electron chi connectivity index (χ3n) is 4.54. The van der Waals surface area contributed by atoms with Gasteiger partial charge in [-0.2, -0.15) is 13.2 Å². The molecule has 0 spiro atoms. The minimum atomic E-state index is -4.43. The highest BCUT2D eigenvalue weighted by Gasteiger charge is 2.33. The van der Waals surface area contributed by atoms with Crippen LogP contribution in [0.4, 0.5) is 19.1 Å². The van der Waals surface area contributed by atoms with E-state index in [4.69, 9.17) is 4.74 Å². The molecule has 1 atom stereocenters. The van der Waals surface area contributed by atoms with E-state index in [0.717, 1.165) is 19.0 Å². The number of alkyl halides is 3. The van der Waals surface area contributed by atoms with Crippen molar-refractivity contribution in [1.82, 2.24) is 9.97 Å². The van der Waals surface area contributed by atoms with Crippen LogP contribution in [-0.4, -0.2) is 34.8 Å². The lowest BCUT2D eigenvalue weighted by Gasteiger charge is -2.17. The Hall–Kier alpha value is -2.35. The van der Waals surface area contributed by atoms with E-state index in [1.54, 1.807) is 13.0 Å². The van der Waals surface area contributed by atoms with E-state index in [1.165, 1.54) is 18.5 Å². The quantitative estimate of drug-likeness (QED) is 0.880. The molecule has 1 aromatic heterocycles. The predicted octanol–water partition coefficient (Wildman–Crippen LogP) is 3.20. The number of rotatable bonds is 5. The van der Waals surface area contributed by atoms with Crippen LogP contribution < -0.4 is 9.64 Å². The van der Waals surface area contributed by atoms with Crippen molar-refractivity contribution in [2.75, 3.05) is 24.6 Å². The van der Waals surface area contributed by atoms with Crippen molar-refractivity contribution in [1.29, 1.82) is 0 Å². The Morgan fingerprint density at radius 1 is 1.27 bits per heavy atom. The molecule has 140 valence electrons. The first-order valence-electron chi connectivity index (χ1n) is 8.35. The molecule has 1 fully saturated rings.